The Morgan fingerprint density at radius 1 is 1.43 bits per heavy atom. The molecule has 1 aliphatic carbocycles. The number of nitrogens with two attached hydrogens (primary N) is 1. The van der Waals surface area contributed by atoms with Gasteiger partial charge in [-0.2, -0.15) is 0 Å². The van der Waals surface area contributed by atoms with E-state index in [-0.39, 0.29) is 11.9 Å². The summed E-state index contributed by atoms with van der Waals surface area (Å²) >= 11 is 3.39. The number of aromatic nitrogens is 1. The number of aryl methyl sites for hydroxylation is 1. The van der Waals surface area contributed by atoms with Crippen LogP contribution < -0.4 is 11.1 Å². The van der Waals surface area contributed by atoms with E-state index in [1.807, 2.05) is 35.0 Å². The number of anilines is 1. The van der Waals surface area contributed by atoms with Crippen LogP contribution >= 0.6 is 15.9 Å². The monoisotopic (exact) mass is 347 g/mol. The van der Waals surface area contributed by atoms with Crippen molar-refractivity contribution in [2.75, 3.05) is 5.32 Å². The van der Waals surface area contributed by atoms with Crippen molar-refractivity contribution < 1.29 is 4.79 Å². The molecule has 5 heteroatoms. The van der Waals surface area contributed by atoms with Crippen LogP contribution in [0.15, 0.2) is 41.1 Å². The van der Waals surface area contributed by atoms with Gasteiger partial charge in [-0.25, -0.2) is 0 Å². The van der Waals surface area contributed by atoms with Gasteiger partial charge < -0.3 is 15.6 Å². The molecule has 0 bridgehead atoms. The number of rotatable bonds is 3. The summed E-state index contributed by atoms with van der Waals surface area (Å²) in [6, 6.07) is 7.70. The van der Waals surface area contributed by atoms with Crippen LogP contribution in [0.3, 0.4) is 0 Å². The maximum atomic E-state index is 12.1. The maximum absolute atomic E-state index is 12.1. The number of hydrogen-bond acceptors (Lipinski definition) is 2. The van der Waals surface area contributed by atoms with Crippen molar-refractivity contribution in [1.29, 1.82) is 0 Å². The Morgan fingerprint density at radius 2 is 2.29 bits per heavy atom. The van der Waals surface area contributed by atoms with E-state index in [9.17, 15) is 4.79 Å². The van der Waals surface area contributed by atoms with E-state index in [1.165, 1.54) is 11.1 Å². The Kier molecular flexibility index (Phi) is 4.12. The number of fused-ring (bicyclic) bond motifs is 1. The Balaban J connectivity index is 1.68. The maximum Gasteiger partial charge on any atom is 0.244 e. The number of hydrogen-bond donors (Lipinski definition) is 2. The lowest BCUT2D eigenvalue weighted by Gasteiger charge is -2.17. The summed E-state index contributed by atoms with van der Waals surface area (Å²) in [5.74, 6) is -0.0333. The number of nitrogens with one attached hydrogen (secondary N) is 1. The first kappa shape index (κ1) is 14.4. The SMILES string of the molecule is NC1CCCc2cn(CC(=O)Nc3cccc(Br)c3)cc21. The second-order valence-corrected chi connectivity index (χ2v) is 6.38. The van der Waals surface area contributed by atoms with Crippen LogP contribution in [0.25, 0.3) is 0 Å². The molecule has 1 atom stereocenters. The first-order valence-electron chi connectivity index (χ1n) is 7.11. The van der Waals surface area contributed by atoms with E-state index in [0.29, 0.717) is 6.54 Å². The van der Waals surface area contributed by atoms with Gasteiger partial charge in [-0.1, -0.05) is 22.0 Å². The van der Waals surface area contributed by atoms with Crippen LogP contribution in [0.4, 0.5) is 5.69 Å². The van der Waals surface area contributed by atoms with Gasteiger partial charge in [-0.15, -0.1) is 0 Å². The lowest BCUT2D eigenvalue weighted by atomic mass is 9.92. The van der Waals surface area contributed by atoms with Crippen molar-refractivity contribution in [3.05, 3.63) is 52.3 Å². The predicted molar refractivity (Wildman–Crippen MR) is 87.1 cm³/mol. The van der Waals surface area contributed by atoms with Gasteiger partial charge in [0, 0.05) is 28.6 Å². The fourth-order valence-electron chi connectivity index (χ4n) is 2.81. The standard InChI is InChI=1S/C16H18BrN3O/c17-12-4-2-5-13(7-12)19-16(21)10-20-8-11-3-1-6-15(18)14(11)9-20/h2,4-5,7-9,15H,1,3,6,10,18H2,(H,19,21). The number of amides is 1. The molecule has 0 aliphatic heterocycles. The fourth-order valence-corrected chi connectivity index (χ4v) is 3.21. The summed E-state index contributed by atoms with van der Waals surface area (Å²) < 4.78 is 2.88. The third kappa shape index (κ3) is 3.36. The summed E-state index contributed by atoms with van der Waals surface area (Å²) in [5, 5.41) is 2.90. The zero-order valence-corrected chi connectivity index (χ0v) is 13.3. The molecule has 0 saturated carbocycles. The molecule has 1 aromatic carbocycles. The molecule has 21 heavy (non-hydrogen) atoms. The molecule has 1 heterocycles. The van der Waals surface area contributed by atoms with Gasteiger partial charge in [-0.3, -0.25) is 4.79 Å². The Labute approximate surface area is 132 Å². The van der Waals surface area contributed by atoms with E-state index in [4.69, 9.17) is 5.73 Å². The van der Waals surface area contributed by atoms with Crippen molar-refractivity contribution in [3.8, 4) is 0 Å². The Morgan fingerprint density at radius 3 is 3.05 bits per heavy atom. The first-order chi connectivity index (χ1) is 10.1. The molecular formula is C16H18BrN3O. The highest BCUT2D eigenvalue weighted by Crippen LogP contribution is 2.28. The molecule has 0 saturated heterocycles. The lowest BCUT2D eigenvalue weighted by molar-refractivity contribution is -0.116. The minimum Gasteiger partial charge on any atom is -0.344 e. The molecule has 2 aromatic rings. The minimum atomic E-state index is -0.0333. The van der Waals surface area contributed by atoms with Crippen molar-refractivity contribution >= 4 is 27.5 Å². The van der Waals surface area contributed by atoms with Crippen LogP contribution in [0.2, 0.25) is 0 Å². The average molecular weight is 348 g/mol. The van der Waals surface area contributed by atoms with Crippen molar-refractivity contribution in [2.24, 2.45) is 5.73 Å². The van der Waals surface area contributed by atoms with Gasteiger partial charge in [0.2, 0.25) is 5.91 Å². The van der Waals surface area contributed by atoms with E-state index in [1.54, 1.807) is 0 Å². The van der Waals surface area contributed by atoms with Gasteiger partial charge in [0.15, 0.2) is 0 Å². The van der Waals surface area contributed by atoms with Crippen LogP contribution in [-0.2, 0) is 17.8 Å². The fraction of sp³-hybridized carbons (Fsp3) is 0.312. The molecule has 3 rings (SSSR count). The lowest BCUT2D eigenvalue weighted by Crippen LogP contribution is -2.18. The molecule has 1 aromatic heterocycles. The Hall–Kier alpha value is -1.59. The number of halogens is 1. The third-order valence-electron chi connectivity index (χ3n) is 3.79. The second kappa shape index (κ2) is 6.03. The normalized spacial score (nSPS) is 17.3. The summed E-state index contributed by atoms with van der Waals surface area (Å²) in [7, 11) is 0. The summed E-state index contributed by atoms with van der Waals surface area (Å²) in [4.78, 5) is 12.1. The topological polar surface area (TPSA) is 60.0 Å². The van der Waals surface area contributed by atoms with Crippen LogP contribution in [-0.4, -0.2) is 10.5 Å². The minimum absolute atomic E-state index is 0.0333. The van der Waals surface area contributed by atoms with Crippen molar-refractivity contribution in [1.82, 2.24) is 4.57 Å². The summed E-state index contributed by atoms with van der Waals surface area (Å²) in [6.45, 7) is 0.312. The van der Waals surface area contributed by atoms with Gasteiger partial charge >= 0.3 is 0 Å². The van der Waals surface area contributed by atoms with E-state index >= 15 is 0 Å². The highest BCUT2D eigenvalue weighted by molar-refractivity contribution is 9.10. The van der Waals surface area contributed by atoms with Gasteiger partial charge in [0.25, 0.3) is 0 Å². The average Bonchev–Trinajstić information content (AvgIpc) is 2.82. The van der Waals surface area contributed by atoms with Crippen molar-refractivity contribution in [2.45, 2.75) is 31.8 Å². The Bertz CT molecular complexity index is 665. The van der Waals surface area contributed by atoms with Crippen LogP contribution in [0.5, 0.6) is 0 Å². The van der Waals surface area contributed by atoms with Crippen LogP contribution in [0.1, 0.15) is 30.0 Å². The van der Waals surface area contributed by atoms with Gasteiger partial charge in [0.05, 0.1) is 0 Å². The zero-order valence-electron chi connectivity index (χ0n) is 11.7. The second-order valence-electron chi connectivity index (χ2n) is 5.47. The molecule has 1 aliphatic rings. The zero-order chi connectivity index (χ0) is 14.8. The molecule has 110 valence electrons. The molecule has 4 nitrogen and oxygen atoms in total. The third-order valence-corrected chi connectivity index (χ3v) is 4.29. The van der Waals surface area contributed by atoms with Crippen molar-refractivity contribution in [3.63, 3.8) is 0 Å². The molecule has 3 N–H and O–H groups in total. The van der Waals surface area contributed by atoms with Gasteiger partial charge in [0.1, 0.15) is 6.54 Å². The number of nitrogens with zero attached hydrogens (tertiary/aromatic N) is 1. The van der Waals surface area contributed by atoms with E-state index < -0.39 is 0 Å². The molecule has 0 spiro atoms. The highest BCUT2D eigenvalue weighted by Gasteiger charge is 2.19. The summed E-state index contributed by atoms with van der Waals surface area (Å²) in [6.07, 6.45) is 7.28. The molecule has 1 unspecified atom stereocenters. The molecule has 0 radical (unpaired) electrons. The first-order valence-corrected chi connectivity index (χ1v) is 7.90. The van der Waals surface area contributed by atoms with Gasteiger partial charge in [-0.05, 0) is 48.6 Å². The summed E-state index contributed by atoms with van der Waals surface area (Å²) in [5.41, 5.74) is 9.38. The number of benzene rings is 1. The predicted octanol–water partition coefficient (Wildman–Crippen LogP) is 3.23. The smallest absolute Gasteiger partial charge is 0.244 e. The quantitative estimate of drug-likeness (QED) is 0.895. The molecular weight excluding hydrogens is 330 g/mol. The number of carbonyl (C=O) groups is 1. The molecule has 1 amide bonds. The number of carbonyl (C=O) groups excluding carboxylic acids is 1. The molecule has 0 fully saturated rings. The van der Waals surface area contributed by atoms with E-state index in [2.05, 4.69) is 27.4 Å². The highest BCUT2D eigenvalue weighted by atomic mass is 79.9. The van der Waals surface area contributed by atoms with Crippen LogP contribution in [0, 0.1) is 0 Å². The largest absolute Gasteiger partial charge is 0.344 e. The van der Waals surface area contributed by atoms with E-state index in [0.717, 1.165) is 29.4 Å².